The normalized spacial score (nSPS) is 16.6. The molecular weight excluding hydrogens is 220 g/mol. The summed E-state index contributed by atoms with van der Waals surface area (Å²) in [5, 5.41) is 3.67. The van der Waals surface area contributed by atoms with Gasteiger partial charge in [-0.1, -0.05) is 37.1 Å². The van der Waals surface area contributed by atoms with Crippen LogP contribution in [0.15, 0.2) is 24.3 Å². The highest BCUT2D eigenvalue weighted by Gasteiger charge is 2.13. The molecule has 0 spiro atoms. The van der Waals surface area contributed by atoms with Crippen molar-refractivity contribution in [1.82, 2.24) is 10.2 Å². The number of aryl methyl sites for hydroxylation is 1. The SMILES string of the molecule is Cc1ccccc1CN(C)CCNC1CCCC1. The zero-order chi connectivity index (χ0) is 12.8. The fraction of sp³-hybridized carbons (Fsp3) is 0.625. The summed E-state index contributed by atoms with van der Waals surface area (Å²) in [6.45, 7) is 5.50. The highest BCUT2D eigenvalue weighted by atomic mass is 15.1. The van der Waals surface area contributed by atoms with E-state index in [4.69, 9.17) is 0 Å². The Kier molecular flexibility index (Phi) is 5.21. The van der Waals surface area contributed by atoms with Crippen molar-refractivity contribution >= 4 is 0 Å². The van der Waals surface area contributed by atoms with E-state index in [9.17, 15) is 0 Å². The van der Waals surface area contributed by atoms with E-state index in [2.05, 4.69) is 48.5 Å². The number of nitrogens with zero attached hydrogens (tertiary/aromatic N) is 1. The van der Waals surface area contributed by atoms with Crippen LogP contribution in [0.25, 0.3) is 0 Å². The third-order valence-corrected chi connectivity index (χ3v) is 3.98. The number of hydrogen-bond acceptors (Lipinski definition) is 2. The predicted molar refractivity (Wildman–Crippen MR) is 77.8 cm³/mol. The summed E-state index contributed by atoms with van der Waals surface area (Å²) < 4.78 is 0. The second kappa shape index (κ2) is 6.91. The molecule has 1 aliphatic rings. The van der Waals surface area contributed by atoms with Crippen LogP contribution in [-0.4, -0.2) is 31.1 Å². The summed E-state index contributed by atoms with van der Waals surface area (Å²) in [7, 11) is 2.21. The fourth-order valence-electron chi connectivity index (χ4n) is 2.75. The van der Waals surface area contributed by atoms with E-state index in [1.54, 1.807) is 0 Å². The van der Waals surface area contributed by atoms with Gasteiger partial charge in [-0.15, -0.1) is 0 Å². The van der Waals surface area contributed by atoms with Gasteiger partial charge in [0.05, 0.1) is 0 Å². The van der Waals surface area contributed by atoms with Gasteiger partial charge in [0.15, 0.2) is 0 Å². The summed E-state index contributed by atoms with van der Waals surface area (Å²) in [4.78, 5) is 2.41. The maximum atomic E-state index is 3.67. The zero-order valence-corrected chi connectivity index (χ0v) is 11.8. The first-order valence-corrected chi connectivity index (χ1v) is 7.22. The first kappa shape index (κ1) is 13.6. The Hall–Kier alpha value is -0.860. The molecular formula is C16H26N2. The number of hydrogen-bond donors (Lipinski definition) is 1. The molecule has 2 nitrogen and oxygen atoms in total. The Balaban J connectivity index is 1.68. The monoisotopic (exact) mass is 246 g/mol. The third kappa shape index (κ3) is 4.11. The Morgan fingerprint density at radius 2 is 1.94 bits per heavy atom. The van der Waals surface area contributed by atoms with Crippen LogP contribution in [0.4, 0.5) is 0 Å². The molecule has 0 unspecified atom stereocenters. The molecule has 0 heterocycles. The van der Waals surface area contributed by atoms with Crippen LogP contribution in [0.3, 0.4) is 0 Å². The van der Waals surface area contributed by atoms with Gasteiger partial charge >= 0.3 is 0 Å². The van der Waals surface area contributed by atoms with Crippen LogP contribution >= 0.6 is 0 Å². The number of nitrogens with one attached hydrogen (secondary N) is 1. The van der Waals surface area contributed by atoms with Gasteiger partial charge in [0.25, 0.3) is 0 Å². The molecule has 1 fully saturated rings. The van der Waals surface area contributed by atoms with Crippen LogP contribution in [0.2, 0.25) is 0 Å². The molecule has 1 N–H and O–H groups in total. The van der Waals surface area contributed by atoms with E-state index in [1.807, 2.05) is 0 Å². The van der Waals surface area contributed by atoms with Crippen LogP contribution in [0.1, 0.15) is 36.8 Å². The lowest BCUT2D eigenvalue weighted by Crippen LogP contribution is -2.34. The van der Waals surface area contributed by atoms with Crippen molar-refractivity contribution in [1.29, 1.82) is 0 Å². The number of benzene rings is 1. The van der Waals surface area contributed by atoms with Gasteiger partial charge in [0.1, 0.15) is 0 Å². The van der Waals surface area contributed by atoms with Crippen molar-refractivity contribution in [3.63, 3.8) is 0 Å². The van der Waals surface area contributed by atoms with E-state index < -0.39 is 0 Å². The first-order chi connectivity index (χ1) is 8.75. The minimum atomic E-state index is 0.789. The lowest BCUT2D eigenvalue weighted by molar-refractivity contribution is 0.316. The van der Waals surface area contributed by atoms with Crippen LogP contribution < -0.4 is 5.32 Å². The molecule has 0 aromatic heterocycles. The fourth-order valence-corrected chi connectivity index (χ4v) is 2.75. The molecule has 0 saturated heterocycles. The Morgan fingerprint density at radius 3 is 2.67 bits per heavy atom. The van der Waals surface area contributed by atoms with E-state index in [-0.39, 0.29) is 0 Å². The Labute approximate surface area is 111 Å². The molecule has 1 aromatic carbocycles. The van der Waals surface area contributed by atoms with E-state index in [1.165, 1.54) is 36.8 Å². The molecule has 2 rings (SSSR count). The lowest BCUT2D eigenvalue weighted by atomic mass is 10.1. The quantitative estimate of drug-likeness (QED) is 0.830. The minimum absolute atomic E-state index is 0.789. The molecule has 0 aliphatic heterocycles. The maximum Gasteiger partial charge on any atom is 0.0233 e. The number of rotatable bonds is 6. The topological polar surface area (TPSA) is 15.3 Å². The van der Waals surface area contributed by atoms with Gasteiger partial charge < -0.3 is 10.2 Å². The van der Waals surface area contributed by atoms with Crippen molar-refractivity contribution in [3.8, 4) is 0 Å². The molecule has 0 radical (unpaired) electrons. The summed E-state index contributed by atoms with van der Waals surface area (Å²) in [6, 6.07) is 9.46. The van der Waals surface area contributed by atoms with Crippen LogP contribution in [-0.2, 0) is 6.54 Å². The van der Waals surface area contributed by atoms with Gasteiger partial charge in [0.2, 0.25) is 0 Å². The minimum Gasteiger partial charge on any atom is -0.313 e. The highest BCUT2D eigenvalue weighted by Crippen LogP contribution is 2.17. The molecule has 100 valence electrons. The molecule has 2 heteroatoms. The summed E-state index contributed by atoms with van der Waals surface area (Å²) in [5.74, 6) is 0. The second-order valence-electron chi connectivity index (χ2n) is 5.60. The van der Waals surface area contributed by atoms with Gasteiger partial charge in [-0.2, -0.15) is 0 Å². The highest BCUT2D eigenvalue weighted by molar-refractivity contribution is 5.25. The van der Waals surface area contributed by atoms with E-state index in [0.29, 0.717) is 0 Å². The van der Waals surface area contributed by atoms with Crippen LogP contribution in [0.5, 0.6) is 0 Å². The van der Waals surface area contributed by atoms with Crippen molar-refractivity contribution in [3.05, 3.63) is 35.4 Å². The third-order valence-electron chi connectivity index (χ3n) is 3.98. The van der Waals surface area contributed by atoms with Crippen LogP contribution in [0, 0.1) is 6.92 Å². The van der Waals surface area contributed by atoms with Gasteiger partial charge in [-0.05, 0) is 37.9 Å². The Bertz CT molecular complexity index is 356. The van der Waals surface area contributed by atoms with E-state index in [0.717, 1.165) is 25.7 Å². The summed E-state index contributed by atoms with van der Waals surface area (Å²) in [6.07, 6.45) is 5.58. The van der Waals surface area contributed by atoms with E-state index >= 15 is 0 Å². The zero-order valence-electron chi connectivity index (χ0n) is 11.8. The summed E-state index contributed by atoms with van der Waals surface area (Å²) in [5.41, 5.74) is 2.84. The Morgan fingerprint density at radius 1 is 1.22 bits per heavy atom. The maximum absolute atomic E-state index is 3.67. The molecule has 18 heavy (non-hydrogen) atoms. The smallest absolute Gasteiger partial charge is 0.0233 e. The van der Waals surface area contributed by atoms with Crippen molar-refractivity contribution < 1.29 is 0 Å². The molecule has 1 aliphatic carbocycles. The summed E-state index contributed by atoms with van der Waals surface area (Å²) >= 11 is 0. The molecule has 0 atom stereocenters. The second-order valence-corrected chi connectivity index (χ2v) is 5.60. The van der Waals surface area contributed by atoms with Gasteiger partial charge in [-0.3, -0.25) is 0 Å². The van der Waals surface area contributed by atoms with Crippen molar-refractivity contribution in [2.45, 2.75) is 45.2 Å². The lowest BCUT2D eigenvalue weighted by Gasteiger charge is -2.20. The average molecular weight is 246 g/mol. The molecule has 0 amide bonds. The van der Waals surface area contributed by atoms with Gasteiger partial charge in [-0.25, -0.2) is 0 Å². The molecule has 1 aromatic rings. The average Bonchev–Trinajstić information content (AvgIpc) is 2.85. The van der Waals surface area contributed by atoms with Gasteiger partial charge in [0, 0.05) is 25.7 Å². The standard InChI is InChI=1S/C16H26N2/c1-14-7-3-4-8-15(14)13-18(2)12-11-17-16-9-5-6-10-16/h3-4,7-8,16-17H,5-6,9-13H2,1-2H3. The largest absolute Gasteiger partial charge is 0.313 e. The molecule has 1 saturated carbocycles. The predicted octanol–water partition coefficient (Wildman–Crippen LogP) is 2.96. The van der Waals surface area contributed by atoms with Crippen molar-refractivity contribution in [2.24, 2.45) is 0 Å². The van der Waals surface area contributed by atoms with Crippen molar-refractivity contribution in [2.75, 3.05) is 20.1 Å². The first-order valence-electron chi connectivity index (χ1n) is 7.22. The number of likely N-dealkylation sites (N-methyl/N-ethyl adjacent to an activating group) is 1. The molecule has 0 bridgehead atoms.